The Morgan fingerprint density at radius 3 is 2.81 bits per heavy atom. The van der Waals surface area contributed by atoms with Gasteiger partial charge in [0.1, 0.15) is 6.17 Å². The van der Waals surface area contributed by atoms with Gasteiger partial charge in [0, 0.05) is 34.8 Å². The Balaban J connectivity index is 1.42. The molecule has 7 nitrogen and oxygen atoms in total. The van der Waals surface area contributed by atoms with Crippen molar-refractivity contribution >= 4 is 23.4 Å². The highest BCUT2D eigenvalue weighted by molar-refractivity contribution is 6.17. The van der Waals surface area contributed by atoms with Crippen LogP contribution in [0.2, 0.25) is 0 Å². The molecule has 2 heterocycles. The van der Waals surface area contributed by atoms with Crippen LogP contribution in [0.1, 0.15) is 38.7 Å². The van der Waals surface area contributed by atoms with Gasteiger partial charge in [-0.15, -0.1) is 0 Å². The fraction of sp³-hybridized carbons (Fsp3) is 0.630. The van der Waals surface area contributed by atoms with E-state index in [-0.39, 0.29) is 30.4 Å². The minimum atomic E-state index is -2.23. The van der Waals surface area contributed by atoms with Gasteiger partial charge in [0.05, 0.1) is 25.2 Å². The molecule has 0 aromatic carbocycles. The third kappa shape index (κ3) is 3.08. The Morgan fingerprint density at radius 2 is 2.11 bits per heavy atom. The first-order valence-corrected chi connectivity index (χ1v) is 13.2. The van der Waals surface area contributed by atoms with E-state index in [1.54, 1.807) is 30.6 Å². The SMILES string of the molecule is C[C@]12C=CC(=O)C=C1[C@@H](F)C[C@H]1[C@@H]3C[C@H]4CN(Cc5ccoc5)O[C@@]4(C(=O)OCCl)[C@@]3(C)C[C@H](O)[C@@]12F. The molecule has 10 heteroatoms. The summed E-state index contributed by atoms with van der Waals surface area (Å²) in [4.78, 5) is 32.1. The zero-order valence-corrected chi connectivity index (χ0v) is 21.4. The number of alkyl halides is 3. The summed E-state index contributed by atoms with van der Waals surface area (Å²) in [7, 11) is 0. The third-order valence-corrected chi connectivity index (χ3v) is 10.2. The zero-order chi connectivity index (χ0) is 26.4. The molecule has 0 amide bonds. The van der Waals surface area contributed by atoms with Crippen LogP contribution in [0.15, 0.2) is 46.8 Å². The third-order valence-electron chi connectivity index (χ3n) is 10.1. The maximum Gasteiger partial charge on any atom is 0.342 e. The predicted molar refractivity (Wildman–Crippen MR) is 127 cm³/mol. The van der Waals surface area contributed by atoms with E-state index in [0.717, 1.165) is 5.56 Å². The number of aliphatic hydroxyl groups is 1. The second-order valence-electron chi connectivity index (χ2n) is 11.6. The molecule has 0 spiro atoms. The van der Waals surface area contributed by atoms with Crippen LogP contribution in [-0.4, -0.2) is 58.1 Å². The number of carbonyl (C=O) groups is 2. The molecule has 6 rings (SSSR count). The number of fused-ring (bicyclic) bond motifs is 7. The van der Waals surface area contributed by atoms with Crippen molar-refractivity contribution < 1.29 is 37.5 Å². The van der Waals surface area contributed by atoms with Crippen LogP contribution < -0.4 is 0 Å². The molecule has 37 heavy (non-hydrogen) atoms. The molecule has 4 aliphatic carbocycles. The topological polar surface area (TPSA) is 89.2 Å². The highest BCUT2D eigenvalue weighted by Gasteiger charge is 2.80. The Kier molecular flexibility index (Phi) is 5.60. The fourth-order valence-electron chi connectivity index (χ4n) is 8.50. The van der Waals surface area contributed by atoms with E-state index in [2.05, 4.69) is 0 Å². The second-order valence-corrected chi connectivity index (χ2v) is 11.8. The van der Waals surface area contributed by atoms with Gasteiger partial charge in [0.2, 0.25) is 0 Å². The average Bonchev–Trinajstić information content (AvgIpc) is 3.54. The van der Waals surface area contributed by atoms with E-state index in [4.69, 9.17) is 25.6 Å². The number of allylic oxidation sites excluding steroid dienone is 4. The molecular formula is C27H30ClF2NO6. The molecule has 1 aliphatic heterocycles. The van der Waals surface area contributed by atoms with E-state index in [1.807, 2.05) is 6.92 Å². The number of furan rings is 1. The Bertz CT molecular complexity index is 1190. The number of hydroxylamine groups is 2. The molecule has 1 saturated heterocycles. The first kappa shape index (κ1) is 25.2. The summed E-state index contributed by atoms with van der Waals surface area (Å²) in [6.07, 6.45) is 3.98. The highest BCUT2D eigenvalue weighted by atomic mass is 35.5. The highest BCUT2D eigenvalue weighted by Crippen LogP contribution is 2.72. The lowest BCUT2D eigenvalue weighted by Gasteiger charge is -2.63. The molecule has 200 valence electrons. The smallest absolute Gasteiger partial charge is 0.342 e. The first-order valence-electron chi connectivity index (χ1n) is 12.7. The van der Waals surface area contributed by atoms with Crippen LogP contribution in [0, 0.1) is 28.6 Å². The number of rotatable bonds is 4. The Hall–Kier alpha value is -2.07. The monoisotopic (exact) mass is 537 g/mol. The fourth-order valence-corrected chi connectivity index (χ4v) is 8.60. The number of aliphatic hydroxyl groups excluding tert-OH is 1. The summed E-state index contributed by atoms with van der Waals surface area (Å²) in [6.45, 7) is 4.11. The minimum absolute atomic E-state index is 0.0680. The largest absolute Gasteiger partial charge is 0.472 e. The number of nitrogens with zero attached hydrogens (tertiary/aromatic N) is 1. The number of ether oxygens (including phenoxy) is 1. The van der Waals surface area contributed by atoms with Crippen LogP contribution in [0.5, 0.6) is 0 Å². The number of carbonyl (C=O) groups excluding carboxylic acids is 2. The van der Waals surface area contributed by atoms with E-state index in [0.29, 0.717) is 19.5 Å². The second kappa shape index (κ2) is 8.21. The minimum Gasteiger partial charge on any atom is -0.472 e. The molecule has 0 radical (unpaired) electrons. The van der Waals surface area contributed by atoms with Crippen molar-refractivity contribution in [2.24, 2.45) is 28.6 Å². The number of ketones is 1. The summed E-state index contributed by atoms with van der Waals surface area (Å²) < 4.78 is 43.5. The van der Waals surface area contributed by atoms with Crippen molar-refractivity contribution in [3.63, 3.8) is 0 Å². The van der Waals surface area contributed by atoms with Crippen molar-refractivity contribution in [1.29, 1.82) is 0 Å². The van der Waals surface area contributed by atoms with E-state index < -0.39 is 58.0 Å². The number of halogens is 3. The molecule has 5 aliphatic rings. The Morgan fingerprint density at radius 1 is 1.32 bits per heavy atom. The lowest BCUT2D eigenvalue weighted by atomic mass is 9.44. The van der Waals surface area contributed by atoms with Crippen molar-refractivity contribution in [3.8, 4) is 0 Å². The molecule has 9 atom stereocenters. The van der Waals surface area contributed by atoms with Crippen molar-refractivity contribution in [2.45, 2.75) is 63.2 Å². The van der Waals surface area contributed by atoms with Gasteiger partial charge in [0.15, 0.2) is 23.1 Å². The lowest BCUT2D eigenvalue weighted by molar-refractivity contribution is -0.277. The van der Waals surface area contributed by atoms with Gasteiger partial charge in [-0.25, -0.2) is 13.6 Å². The number of hydrogen-bond acceptors (Lipinski definition) is 7. The molecule has 4 fully saturated rings. The lowest BCUT2D eigenvalue weighted by Crippen LogP contribution is -2.70. The quantitative estimate of drug-likeness (QED) is 0.458. The molecular weight excluding hydrogens is 508 g/mol. The van der Waals surface area contributed by atoms with Gasteiger partial charge in [-0.3, -0.25) is 9.63 Å². The Labute approximate surface area is 218 Å². The van der Waals surface area contributed by atoms with Crippen molar-refractivity contribution in [3.05, 3.63) is 48.0 Å². The summed E-state index contributed by atoms with van der Waals surface area (Å²) in [5.41, 5.74) is -5.36. The normalized spacial score (nSPS) is 46.6. The number of esters is 1. The van der Waals surface area contributed by atoms with Crippen LogP contribution >= 0.6 is 11.6 Å². The van der Waals surface area contributed by atoms with Crippen LogP contribution in [-0.2, 0) is 25.7 Å². The van der Waals surface area contributed by atoms with E-state index >= 15 is 8.78 Å². The van der Waals surface area contributed by atoms with Crippen molar-refractivity contribution in [1.82, 2.24) is 5.06 Å². The maximum atomic E-state index is 17.4. The molecule has 1 N–H and O–H groups in total. The molecule has 0 unspecified atom stereocenters. The van der Waals surface area contributed by atoms with Crippen LogP contribution in [0.3, 0.4) is 0 Å². The van der Waals surface area contributed by atoms with Gasteiger partial charge in [-0.05, 0) is 55.9 Å². The van der Waals surface area contributed by atoms with Crippen LogP contribution in [0.4, 0.5) is 8.78 Å². The summed E-state index contributed by atoms with van der Waals surface area (Å²) >= 11 is 5.80. The average molecular weight is 538 g/mol. The summed E-state index contributed by atoms with van der Waals surface area (Å²) in [6, 6.07) is 1.42. The molecule has 1 aromatic heterocycles. The first-order chi connectivity index (χ1) is 17.5. The summed E-state index contributed by atoms with van der Waals surface area (Å²) in [5, 5.41) is 13.2. The predicted octanol–water partition coefficient (Wildman–Crippen LogP) is 4.05. The van der Waals surface area contributed by atoms with Gasteiger partial charge in [-0.1, -0.05) is 24.6 Å². The van der Waals surface area contributed by atoms with Crippen molar-refractivity contribution in [2.75, 3.05) is 12.6 Å². The molecule has 0 bridgehead atoms. The van der Waals surface area contributed by atoms with E-state index in [9.17, 15) is 14.7 Å². The summed E-state index contributed by atoms with van der Waals surface area (Å²) in [5.74, 6) is -2.82. The zero-order valence-electron chi connectivity index (χ0n) is 20.7. The maximum absolute atomic E-state index is 17.4. The standard InChI is InChI=1S/C27H30ClF2NO6/c1-24-5-3-17(32)8-20(24)21(29)9-19-18-7-16-12-31(11-15-4-6-35-13-15)37-27(16,23(34)36-14-28)25(18,2)10-22(33)26(19,24)30/h3-6,8,13,16,18-19,21-22,33H,7,9-12,14H2,1-2H3/t16-,18-,19-,21-,22-,24-,25-,26-,27-/m0/s1. The van der Waals surface area contributed by atoms with Gasteiger partial charge in [0.25, 0.3) is 0 Å². The van der Waals surface area contributed by atoms with Gasteiger partial charge in [-0.2, -0.15) is 5.06 Å². The van der Waals surface area contributed by atoms with Gasteiger partial charge >= 0.3 is 5.97 Å². The van der Waals surface area contributed by atoms with E-state index in [1.165, 1.54) is 18.2 Å². The molecule has 1 aromatic rings. The molecule has 3 saturated carbocycles. The van der Waals surface area contributed by atoms with Gasteiger partial charge < -0.3 is 14.3 Å². The van der Waals surface area contributed by atoms with Crippen LogP contribution in [0.25, 0.3) is 0 Å². The number of hydrogen-bond donors (Lipinski definition) is 1.